The smallest absolute Gasteiger partial charge is 0.0345 e. The second-order valence-electron chi connectivity index (χ2n) is 7.01. The predicted molar refractivity (Wildman–Crippen MR) is 119 cm³/mol. The highest BCUT2D eigenvalue weighted by Crippen LogP contribution is 2.35. The van der Waals surface area contributed by atoms with E-state index >= 15 is 0 Å². The molecule has 1 heteroatoms. The molecular formula is C26H33N. The molecule has 3 rings (SSSR count). The van der Waals surface area contributed by atoms with Gasteiger partial charge in [-0.25, -0.2) is 0 Å². The summed E-state index contributed by atoms with van der Waals surface area (Å²) in [6, 6.07) is 26.4. The van der Waals surface area contributed by atoms with Gasteiger partial charge in [-0.1, -0.05) is 92.2 Å². The van der Waals surface area contributed by atoms with Crippen LogP contribution in [-0.2, 0) is 0 Å². The topological polar surface area (TPSA) is 12.0 Å². The lowest BCUT2D eigenvalue weighted by Gasteiger charge is -2.22. The van der Waals surface area contributed by atoms with Crippen molar-refractivity contribution in [3.63, 3.8) is 0 Å². The number of hydrogen-bond acceptors (Lipinski definition) is 1. The van der Waals surface area contributed by atoms with Crippen LogP contribution >= 0.6 is 0 Å². The van der Waals surface area contributed by atoms with E-state index in [9.17, 15) is 0 Å². The van der Waals surface area contributed by atoms with Gasteiger partial charge in [-0.2, -0.15) is 0 Å². The van der Waals surface area contributed by atoms with Crippen LogP contribution in [0.4, 0.5) is 0 Å². The number of rotatable bonds is 5. The molecule has 0 saturated heterocycles. The highest BCUT2D eigenvalue weighted by molar-refractivity contribution is 5.48. The summed E-state index contributed by atoms with van der Waals surface area (Å²) in [6.45, 7) is 12.9. The number of benzene rings is 3. The Labute approximate surface area is 165 Å². The number of nitrogens with one attached hydrogen (secondary N) is 1. The quantitative estimate of drug-likeness (QED) is 0.519. The molecule has 0 amide bonds. The number of aryl methyl sites for hydroxylation is 3. The van der Waals surface area contributed by atoms with Crippen LogP contribution in [0.25, 0.3) is 0 Å². The molecule has 142 valence electrons. The van der Waals surface area contributed by atoms with Gasteiger partial charge in [0, 0.05) is 5.92 Å². The van der Waals surface area contributed by atoms with Gasteiger partial charge in [0.05, 0.1) is 0 Å². The second kappa shape index (κ2) is 10.7. The van der Waals surface area contributed by atoms with E-state index in [4.69, 9.17) is 0 Å². The third kappa shape index (κ3) is 5.80. The van der Waals surface area contributed by atoms with Crippen molar-refractivity contribution in [3.05, 3.63) is 106 Å². The molecule has 1 N–H and O–H groups in total. The molecule has 0 saturated carbocycles. The molecule has 0 unspecified atom stereocenters. The number of hydrogen-bond donors (Lipinski definition) is 1. The molecule has 1 nitrogen and oxygen atoms in total. The van der Waals surface area contributed by atoms with E-state index in [1.54, 1.807) is 0 Å². The summed E-state index contributed by atoms with van der Waals surface area (Å²) < 4.78 is 0. The Morgan fingerprint density at radius 2 is 1.07 bits per heavy atom. The molecule has 0 aliphatic heterocycles. The Kier molecular flexibility index (Phi) is 8.29. The maximum absolute atomic E-state index is 3.11. The van der Waals surface area contributed by atoms with Gasteiger partial charge in [0.2, 0.25) is 0 Å². The highest BCUT2D eigenvalue weighted by Gasteiger charge is 2.19. The first-order valence-corrected chi connectivity index (χ1v) is 9.96. The van der Waals surface area contributed by atoms with E-state index in [-0.39, 0.29) is 0 Å². The molecule has 0 aliphatic carbocycles. The van der Waals surface area contributed by atoms with Gasteiger partial charge in [-0.05, 0) is 61.7 Å². The Morgan fingerprint density at radius 3 is 1.44 bits per heavy atom. The van der Waals surface area contributed by atoms with E-state index in [1.165, 1.54) is 33.4 Å². The monoisotopic (exact) mass is 359 g/mol. The van der Waals surface area contributed by atoms with Crippen LogP contribution in [0.1, 0.15) is 53.1 Å². The molecule has 3 aromatic carbocycles. The second-order valence-corrected chi connectivity index (χ2v) is 7.01. The molecular weight excluding hydrogens is 326 g/mol. The fourth-order valence-corrected chi connectivity index (χ4v) is 3.36. The summed E-state index contributed by atoms with van der Waals surface area (Å²) in [7, 11) is 0. The molecule has 0 aliphatic rings. The Bertz CT molecular complexity index is 770. The average Bonchev–Trinajstić information content (AvgIpc) is 2.67. The summed E-state index contributed by atoms with van der Waals surface area (Å²) in [4.78, 5) is 0. The van der Waals surface area contributed by atoms with Crippen molar-refractivity contribution in [1.29, 1.82) is 0 Å². The molecule has 3 aromatic rings. The first-order valence-electron chi connectivity index (χ1n) is 9.96. The average molecular weight is 360 g/mol. The minimum atomic E-state index is 0.294. The van der Waals surface area contributed by atoms with Gasteiger partial charge in [0.15, 0.2) is 0 Å². The third-order valence-electron chi connectivity index (χ3n) is 4.91. The Morgan fingerprint density at radius 1 is 0.630 bits per heavy atom. The molecule has 0 spiro atoms. The fraction of sp³-hybridized carbons (Fsp3) is 0.308. The third-order valence-corrected chi connectivity index (χ3v) is 4.91. The first kappa shape index (κ1) is 20.9. The van der Waals surface area contributed by atoms with Crippen molar-refractivity contribution in [3.8, 4) is 0 Å². The van der Waals surface area contributed by atoms with Crippen LogP contribution in [0.5, 0.6) is 0 Å². The summed E-state index contributed by atoms with van der Waals surface area (Å²) in [6.07, 6.45) is 0. The maximum Gasteiger partial charge on any atom is 0.0345 e. The Hall–Kier alpha value is -2.38. The van der Waals surface area contributed by atoms with Crippen molar-refractivity contribution in [2.75, 3.05) is 13.1 Å². The summed E-state index contributed by atoms with van der Waals surface area (Å²) >= 11 is 0. The van der Waals surface area contributed by atoms with Crippen molar-refractivity contribution in [2.24, 2.45) is 0 Å². The molecule has 0 aromatic heterocycles. The highest BCUT2D eigenvalue weighted by atomic mass is 14.8. The summed E-state index contributed by atoms with van der Waals surface area (Å²) in [5.41, 5.74) is 8.13. The van der Waals surface area contributed by atoms with Gasteiger partial charge in [-0.3, -0.25) is 0 Å². The van der Waals surface area contributed by atoms with E-state index in [0.717, 1.165) is 13.1 Å². The van der Waals surface area contributed by atoms with Gasteiger partial charge < -0.3 is 5.32 Å². The van der Waals surface area contributed by atoms with Crippen molar-refractivity contribution < 1.29 is 0 Å². The van der Waals surface area contributed by atoms with Crippen molar-refractivity contribution in [1.82, 2.24) is 5.32 Å². The molecule has 0 heterocycles. The first-order chi connectivity index (χ1) is 13.1. The SMILES string of the molecule is CCNCC.Cc1ccc(C(c2ccccc2C)c2ccccc2C)cc1. The van der Waals surface area contributed by atoms with E-state index in [0.29, 0.717) is 5.92 Å². The van der Waals surface area contributed by atoms with Gasteiger partial charge >= 0.3 is 0 Å². The van der Waals surface area contributed by atoms with E-state index < -0.39 is 0 Å². The van der Waals surface area contributed by atoms with Gasteiger partial charge in [0.1, 0.15) is 0 Å². The van der Waals surface area contributed by atoms with Gasteiger partial charge in [-0.15, -0.1) is 0 Å². The zero-order valence-corrected chi connectivity index (χ0v) is 17.4. The lowest BCUT2D eigenvalue weighted by atomic mass is 9.81. The molecule has 0 atom stereocenters. The van der Waals surface area contributed by atoms with Crippen LogP contribution < -0.4 is 5.32 Å². The van der Waals surface area contributed by atoms with Crippen molar-refractivity contribution >= 4 is 0 Å². The van der Waals surface area contributed by atoms with E-state index in [1.807, 2.05) is 0 Å². The van der Waals surface area contributed by atoms with Gasteiger partial charge in [0.25, 0.3) is 0 Å². The minimum absolute atomic E-state index is 0.294. The lowest BCUT2D eigenvalue weighted by molar-refractivity contribution is 0.762. The van der Waals surface area contributed by atoms with Crippen LogP contribution in [0.15, 0.2) is 72.8 Å². The molecule has 0 fully saturated rings. The van der Waals surface area contributed by atoms with Crippen LogP contribution in [0.2, 0.25) is 0 Å². The molecule has 0 radical (unpaired) electrons. The zero-order valence-electron chi connectivity index (χ0n) is 17.4. The van der Waals surface area contributed by atoms with Crippen LogP contribution in [-0.4, -0.2) is 13.1 Å². The molecule has 0 bridgehead atoms. The molecule has 27 heavy (non-hydrogen) atoms. The van der Waals surface area contributed by atoms with Crippen molar-refractivity contribution in [2.45, 2.75) is 40.5 Å². The standard InChI is InChI=1S/C22H22.C4H11N/c1-16-12-14-19(15-13-16)22(20-10-6-4-8-17(20)2)21-11-7-5-9-18(21)3;1-3-5-4-2/h4-15,22H,1-3H3;5H,3-4H2,1-2H3. The van der Waals surface area contributed by atoms with Crippen LogP contribution in [0, 0.1) is 20.8 Å². The lowest BCUT2D eigenvalue weighted by Crippen LogP contribution is -2.09. The maximum atomic E-state index is 3.11. The fourth-order valence-electron chi connectivity index (χ4n) is 3.36. The normalized spacial score (nSPS) is 10.4. The predicted octanol–water partition coefficient (Wildman–Crippen LogP) is 6.41. The zero-order chi connectivity index (χ0) is 19.6. The minimum Gasteiger partial charge on any atom is -0.317 e. The Balaban J connectivity index is 0.000000465. The summed E-state index contributed by atoms with van der Waals surface area (Å²) in [5, 5.41) is 3.11. The summed E-state index contributed by atoms with van der Waals surface area (Å²) in [5.74, 6) is 0.294. The van der Waals surface area contributed by atoms with E-state index in [2.05, 4.69) is 113 Å². The van der Waals surface area contributed by atoms with Crippen LogP contribution in [0.3, 0.4) is 0 Å². The largest absolute Gasteiger partial charge is 0.317 e.